The highest BCUT2D eigenvalue weighted by atomic mass is 16.4. The molecule has 1 N–H and O–H groups in total. The normalized spacial score (nSPS) is 14.1. The molecule has 0 bridgehead atoms. The lowest BCUT2D eigenvalue weighted by Crippen LogP contribution is -2.10. The third kappa shape index (κ3) is 2.33. The second kappa shape index (κ2) is 5.12. The van der Waals surface area contributed by atoms with E-state index < -0.39 is 5.97 Å². The van der Waals surface area contributed by atoms with Crippen LogP contribution in [0.25, 0.3) is 0 Å². The van der Waals surface area contributed by atoms with Crippen molar-refractivity contribution in [3.05, 3.63) is 52.3 Å². The molecule has 20 heavy (non-hydrogen) atoms. The van der Waals surface area contributed by atoms with Gasteiger partial charge in [-0.3, -0.25) is 4.68 Å². The van der Waals surface area contributed by atoms with E-state index in [4.69, 9.17) is 0 Å². The smallest absolute Gasteiger partial charge is 0.356 e. The van der Waals surface area contributed by atoms with Gasteiger partial charge in [0, 0.05) is 11.3 Å². The van der Waals surface area contributed by atoms with Gasteiger partial charge in [-0.05, 0) is 38.2 Å². The molecule has 1 aliphatic carbocycles. The zero-order chi connectivity index (χ0) is 14.1. The van der Waals surface area contributed by atoms with Crippen LogP contribution < -0.4 is 0 Å². The molecule has 1 aromatic heterocycles. The van der Waals surface area contributed by atoms with Gasteiger partial charge in [-0.25, -0.2) is 4.79 Å². The van der Waals surface area contributed by atoms with Crippen LogP contribution in [0.4, 0.5) is 0 Å². The van der Waals surface area contributed by atoms with Crippen LogP contribution in [0.15, 0.2) is 24.3 Å². The molecule has 1 aromatic carbocycles. The predicted molar refractivity (Wildman–Crippen MR) is 76.1 cm³/mol. The van der Waals surface area contributed by atoms with E-state index in [0.717, 1.165) is 42.5 Å². The SMILES string of the molecule is Cc1cccc(Cn2nc(C(=O)O)c3c2CCCC3)c1. The Bertz CT molecular complexity index is 658. The molecule has 1 aliphatic rings. The average molecular weight is 270 g/mol. The van der Waals surface area contributed by atoms with Crippen molar-refractivity contribution in [3.63, 3.8) is 0 Å². The summed E-state index contributed by atoms with van der Waals surface area (Å²) in [6.07, 6.45) is 3.95. The number of carboxylic acid groups (broad SMARTS) is 1. The summed E-state index contributed by atoms with van der Waals surface area (Å²) >= 11 is 0. The summed E-state index contributed by atoms with van der Waals surface area (Å²) in [5, 5.41) is 13.6. The number of hydrogen-bond donors (Lipinski definition) is 1. The zero-order valence-electron chi connectivity index (χ0n) is 11.6. The van der Waals surface area contributed by atoms with E-state index in [1.807, 2.05) is 10.7 Å². The van der Waals surface area contributed by atoms with E-state index in [1.165, 1.54) is 5.56 Å². The van der Waals surface area contributed by atoms with Crippen LogP contribution in [0.5, 0.6) is 0 Å². The Labute approximate surface area is 118 Å². The largest absolute Gasteiger partial charge is 0.476 e. The van der Waals surface area contributed by atoms with Crippen LogP contribution in [0.1, 0.15) is 45.7 Å². The van der Waals surface area contributed by atoms with Crippen molar-refractivity contribution >= 4 is 5.97 Å². The fraction of sp³-hybridized carbons (Fsp3) is 0.375. The Balaban J connectivity index is 1.99. The van der Waals surface area contributed by atoms with Gasteiger partial charge in [0.25, 0.3) is 0 Å². The maximum atomic E-state index is 11.3. The van der Waals surface area contributed by atoms with Crippen LogP contribution in [0, 0.1) is 6.92 Å². The molecule has 4 heteroatoms. The molecule has 0 atom stereocenters. The molecule has 0 spiro atoms. The molecule has 0 unspecified atom stereocenters. The van der Waals surface area contributed by atoms with Gasteiger partial charge in [0.15, 0.2) is 5.69 Å². The van der Waals surface area contributed by atoms with Crippen molar-refractivity contribution in [2.45, 2.75) is 39.2 Å². The summed E-state index contributed by atoms with van der Waals surface area (Å²) in [6, 6.07) is 8.27. The minimum atomic E-state index is -0.911. The second-order valence-electron chi connectivity index (χ2n) is 5.43. The zero-order valence-corrected chi connectivity index (χ0v) is 11.6. The second-order valence-corrected chi connectivity index (χ2v) is 5.43. The van der Waals surface area contributed by atoms with E-state index in [9.17, 15) is 9.90 Å². The van der Waals surface area contributed by atoms with Crippen LogP contribution >= 0.6 is 0 Å². The van der Waals surface area contributed by atoms with Gasteiger partial charge >= 0.3 is 5.97 Å². The Kier molecular flexibility index (Phi) is 3.30. The number of fused-ring (bicyclic) bond motifs is 1. The number of aromatic nitrogens is 2. The van der Waals surface area contributed by atoms with Gasteiger partial charge in [-0.15, -0.1) is 0 Å². The number of aryl methyl sites for hydroxylation is 1. The maximum absolute atomic E-state index is 11.3. The molecule has 104 valence electrons. The lowest BCUT2D eigenvalue weighted by Gasteiger charge is -2.14. The van der Waals surface area contributed by atoms with Crippen molar-refractivity contribution in [3.8, 4) is 0 Å². The van der Waals surface area contributed by atoms with E-state index in [0.29, 0.717) is 6.54 Å². The van der Waals surface area contributed by atoms with Gasteiger partial charge in [-0.1, -0.05) is 29.8 Å². The van der Waals surface area contributed by atoms with Gasteiger partial charge in [0.2, 0.25) is 0 Å². The Hall–Kier alpha value is -2.10. The van der Waals surface area contributed by atoms with E-state index in [-0.39, 0.29) is 5.69 Å². The molecule has 0 radical (unpaired) electrons. The number of nitrogens with zero attached hydrogens (tertiary/aromatic N) is 2. The topological polar surface area (TPSA) is 55.1 Å². The van der Waals surface area contributed by atoms with Gasteiger partial charge in [-0.2, -0.15) is 5.10 Å². The first-order valence-corrected chi connectivity index (χ1v) is 7.02. The third-order valence-electron chi connectivity index (χ3n) is 3.87. The first-order chi connectivity index (χ1) is 9.65. The number of carbonyl (C=O) groups is 1. The summed E-state index contributed by atoms with van der Waals surface area (Å²) < 4.78 is 1.88. The molecule has 0 fully saturated rings. The molecule has 1 heterocycles. The van der Waals surface area contributed by atoms with Crippen LogP contribution in [0.2, 0.25) is 0 Å². The van der Waals surface area contributed by atoms with Gasteiger partial charge in [0.1, 0.15) is 0 Å². The predicted octanol–water partition coefficient (Wildman–Crippen LogP) is 2.82. The molecule has 2 aromatic rings. The summed E-state index contributed by atoms with van der Waals surface area (Å²) in [7, 11) is 0. The van der Waals surface area contributed by atoms with Crippen molar-refractivity contribution in [1.82, 2.24) is 9.78 Å². The van der Waals surface area contributed by atoms with Crippen molar-refractivity contribution in [2.24, 2.45) is 0 Å². The summed E-state index contributed by atoms with van der Waals surface area (Å²) in [5.74, 6) is -0.911. The molecular weight excluding hydrogens is 252 g/mol. The summed E-state index contributed by atoms with van der Waals surface area (Å²) in [5.41, 5.74) is 4.67. The fourth-order valence-corrected chi connectivity index (χ4v) is 2.96. The van der Waals surface area contributed by atoms with Gasteiger partial charge < -0.3 is 5.11 Å². The number of carboxylic acids is 1. The summed E-state index contributed by atoms with van der Waals surface area (Å²) in [4.78, 5) is 11.3. The number of aromatic carboxylic acids is 1. The summed E-state index contributed by atoms with van der Waals surface area (Å²) in [6.45, 7) is 2.71. The van der Waals surface area contributed by atoms with E-state index in [2.05, 4.69) is 30.2 Å². The van der Waals surface area contributed by atoms with Crippen molar-refractivity contribution in [1.29, 1.82) is 0 Å². The lowest BCUT2D eigenvalue weighted by atomic mass is 9.95. The Morgan fingerprint density at radius 2 is 2.15 bits per heavy atom. The Morgan fingerprint density at radius 1 is 1.35 bits per heavy atom. The molecular formula is C16H18N2O2. The van der Waals surface area contributed by atoms with Crippen molar-refractivity contribution < 1.29 is 9.90 Å². The van der Waals surface area contributed by atoms with Gasteiger partial charge in [0.05, 0.1) is 6.54 Å². The molecule has 0 amide bonds. The standard InChI is InChI=1S/C16H18N2O2/c1-11-5-4-6-12(9-11)10-18-14-8-3-2-7-13(14)15(17-18)16(19)20/h4-6,9H,2-3,7-8,10H2,1H3,(H,19,20). The fourth-order valence-electron chi connectivity index (χ4n) is 2.96. The average Bonchev–Trinajstić information content (AvgIpc) is 2.78. The van der Waals surface area contributed by atoms with Crippen molar-refractivity contribution in [2.75, 3.05) is 0 Å². The molecule has 4 nitrogen and oxygen atoms in total. The highest BCUT2D eigenvalue weighted by molar-refractivity contribution is 5.87. The number of hydrogen-bond acceptors (Lipinski definition) is 2. The van der Waals surface area contributed by atoms with E-state index in [1.54, 1.807) is 0 Å². The first kappa shape index (κ1) is 12.9. The minimum absolute atomic E-state index is 0.243. The lowest BCUT2D eigenvalue weighted by molar-refractivity contribution is 0.0688. The molecule has 0 aliphatic heterocycles. The number of rotatable bonds is 3. The molecule has 0 saturated carbocycles. The Morgan fingerprint density at radius 3 is 2.90 bits per heavy atom. The van der Waals surface area contributed by atoms with Crippen LogP contribution in [0.3, 0.4) is 0 Å². The molecule has 3 rings (SSSR count). The highest BCUT2D eigenvalue weighted by Gasteiger charge is 2.24. The highest BCUT2D eigenvalue weighted by Crippen LogP contribution is 2.25. The number of benzene rings is 1. The van der Waals surface area contributed by atoms with Crippen LogP contribution in [-0.2, 0) is 19.4 Å². The van der Waals surface area contributed by atoms with Crippen LogP contribution in [-0.4, -0.2) is 20.9 Å². The first-order valence-electron chi connectivity index (χ1n) is 7.02. The third-order valence-corrected chi connectivity index (χ3v) is 3.87. The maximum Gasteiger partial charge on any atom is 0.356 e. The minimum Gasteiger partial charge on any atom is -0.476 e. The quantitative estimate of drug-likeness (QED) is 0.933. The monoisotopic (exact) mass is 270 g/mol. The van der Waals surface area contributed by atoms with E-state index >= 15 is 0 Å². The molecule has 0 saturated heterocycles.